The highest BCUT2D eigenvalue weighted by Crippen LogP contribution is 2.39. The number of benzene rings is 2. The molecule has 12 heteroatoms. The number of aliphatic hydroxyl groups excluding tert-OH is 4. The number of ether oxygens (including phenoxy) is 3. The fourth-order valence-corrected chi connectivity index (χ4v) is 3.68. The van der Waals surface area contributed by atoms with E-state index in [1.54, 1.807) is 0 Å². The molecule has 34 heavy (non-hydrogen) atoms. The summed E-state index contributed by atoms with van der Waals surface area (Å²) >= 11 is 0. The molecular formula is C22H22O12. The summed E-state index contributed by atoms with van der Waals surface area (Å²) in [4.78, 5) is 13.3. The van der Waals surface area contributed by atoms with Crippen molar-refractivity contribution in [2.24, 2.45) is 0 Å². The molecule has 2 heterocycles. The maximum absolute atomic E-state index is 13.3. The van der Waals surface area contributed by atoms with E-state index in [-0.39, 0.29) is 39.5 Å². The van der Waals surface area contributed by atoms with E-state index in [0.29, 0.717) is 0 Å². The second-order valence-corrected chi connectivity index (χ2v) is 7.63. The van der Waals surface area contributed by atoms with Gasteiger partial charge < -0.3 is 54.4 Å². The number of rotatable bonds is 5. The summed E-state index contributed by atoms with van der Waals surface area (Å²) in [7, 11) is 1.34. The van der Waals surface area contributed by atoms with Gasteiger partial charge in [-0.25, -0.2) is 0 Å². The van der Waals surface area contributed by atoms with Crippen LogP contribution in [0.4, 0.5) is 0 Å². The summed E-state index contributed by atoms with van der Waals surface area (Å²) in [6.07, 6.45) is -8.31. The first kappa shape index (κ1) is 23.6. The maximum Gasteiger partial charge on any atom is 0.239 e. The first-order valence-corrected chi connectivity index (χ1v) is 10.0. The predicted molar refractivity (Wildman–Crippen MR) is 114 cm³/mol. The molecule has 182 valence electrons. The molecule has 1 aromatic heterocycles. The van der Waals surface area contributed by atoms with Crippen LogP contribution in [0.2, 0.25) is 0 Å². The third-order valence-corrected chi connectivity index (χ3v) is 5.44. The van der Waals surface area contributed by atoms with Crippen molar-refractivity contribution < 1.29 is 54.4 Å². The van der Waals surface area contributed by atoms with Crippen molar-refractivity contribution in [1.29, 1.82) is 0 Å². The summed E-state index contributed by atoms with van der Waals surface area (Å²) in [6.45, 7) is -0.726. The summed E-state index contributed by atoms with van der Waals surface area (Å²) in [5, 5.41) is 69.7. The lowest BCUT2D eigenvalue weighted by Gasteiger charge is -2.39. The number of hydrogen-bond acceptors (Lipinski definition) is 12. The highest BCUT2D eigenvalue weighted by atomic mass is 16.7. The van der Waals surface area contributed by atoms with E-state index < -0.39 is 54.2 Å². The van der Waals surface area contributed by atoms with Crippen LogP contribution in [-0.4, -0.2) is 80.2 Å². The Balaban J connectivity index is 1.90. The molecule has 0 radical (unpaired) electrons. The molecule has 4 rings (SSSR count). The Morgan fingerprint density at radius 2 is 1.71 bits per heavy atom. The standard InChI is InChI=1S/C22H22O12/c1-31-12-3-2-8(4-10(12)25)20-21(17(28)15-11(26)5-9(24)6-13(15)32-20)34-22-19(30)18(29)16(27)14(7-23)33-22/h2-6,14,16,18-19,22-27,29-30H,7H2,1H3/t14-,16-,18+,19-,22+/m0/s1. The second-order valence-electron chi connectivity index (χ2n) is 7.63. The Labute approximate surface area is 191 Å². The molecule has 2 aromatic carbocycles. The van der Waals surface area contributed by atoms with E-state index in [4.69, 9.17) is 18.6 Å². The highest BCUT2D eigenvalue weighted by Gasteiger charge is 2.45. The molecule has 0 amide bonds. The van der Waals surface area contributed by atoms with E-state index >= 15 is 0 Å². The molecule has 0 spiro atoms. The van der Waals surface area contributed by atoms with Gasteiger partial charge in [-0.3, -0.25) is 4.79 Å². The zero-order valence-electron chi connectivity index (χ0n) is 17.7. The highest BCUT2D eigenvalue weighted by molar-refractivity contribution is 5.88. The molecule has 0 saturated carbocycles. The Kier molecular flexibility index (Phi) is 6.25. The Hall–Kier alpha value is -3.55. The maximum atomic E-state index is 13.3. The number of hydrogen-bond donors (Lipinski definition) is 7. The van der Waals surface area contributed by atoms with E-state index in [2.05, 4.69) is 0 Å². The van der Waals surface area contributed by atoms with Crippen LogP contribution in [0.25, 0.3) is 22.3 Å². The third kappa shape index (κ3) is 3.97. The Bertz CT molecular complexity index is 1270. The molecule has 3 aromatic rings. The summed E-state index contributed by atoms with van der Waals surface area (Å²) < 4.78 is 21.6. The van der Waals surface area contributed by atoms with Gasteiger partial charge in [0, 0.05) is 17.7 Å². The van der Waals surface area contributed by atoms with Crippen molar-refractivity contribution in [3.8, 4) is 40.1 Å². The van der Waals surface area contributed by atoms with E-state index in [9.17, 15) is 40.5 Å². The lowest BCUT2D eigenvalue weighted by Crippen LogP contribution is -2.60. The van der Waals surface area contributed by atoms with Crippen molar-refractivity contribution in [3.05, 3.63) is 40.6 Å². The molecular weight excluding hydrogens is 456 g/mol. The number of phenolic OH excluding ortho intramolecular Hbond substituents is 3. The molecule has 1 aliphatic rings. The smallest absolute Gasteiger partial charge is 0.239 e. The van der Waals surface area contributed by atoms with Crippen molar-refractivity contribution >= 4 is 11.0 Å². The quantitative estimate of drug-likeness (QED) is 0.254. The lowest BCUT2D eigenvalue weighted by molar-refractivity contribution is -0.277. The zero-order valence-corrected chi connectivity index (χ0v) is 17.7. The lowest BCUT2D eigenvalue weighted by atomic mass is 9.99. The SMILES string of the molecule is COc1ccc(-c2oc3cc(O)cc(O)c3c(=O)c2O[C@H]2O[C@@H](CO)[C@H](O)[C@@H](O)[C@@H]2O)cc1O. The van der Waals surface area contributed by atoms with Gasteiger partial charge in [-0.2, -0.15) is 0 Å². The minimum absolute atomic E-state index is 0.111. The number of aromatic hydroxyl groups is 3. The van der Waals surface area contributed by atoms with Crippen LogP contribution in [0, 0.1) is 0 Å². The van der Waals surface area contributed by atoms with Gasteiger partial charge in [-0.15, -0.1) is 0 Å². The average molecular weight is 478 g/mol. The molecule has 5 atom stereocenters. The third-order valence-electron chi connectivity index (χ3n) is 5.44. The molecule has 0 aliphatic carbocycles. The van der Waals surface area contributed by atoms with Crippen LogP contribution in [0.15, 0.2) is 39.5 Å². The Morgan fingerprint density at radius 3 is 2.35 bits per heavy atom. The molecule has 0 bridgehead atoms. The van der Waals surface area contributed by atoms with Crippen LogP contribution in [0.3, 0.4) is 0 Å². The van der Waals surface area contributed by atoms with Crippen molar-refractivity contribution in [2.75, 3.05) is 13.7 Å². The van der Waals surface area contributed by atoms with E-state index in [1.807, 2.05) is 0 Å². The largest absolute Gasteiger partial charge is 0.508 e. The zero-order chi connectivity index (χ0) is 24.7. The molecule has 12 nitrogen and oxygen atoms in total. The van der Waals surface area contributed by atoms with Crippen LogP contribution in [-0.2, 0) is 4.74 Å². The number of phenols is 3. The van der Waals surface area contributed by atoms with Crippen LogP contribution in [0.5, 0.6) is 28.7 Å². The van der Waals surface area contributed by atoms with Crippen LogP contribution >= 0.6 is 0 Å². The first-order valence-electron chi connectivity index (χ1n) is 10.0. The molecule has 1 aliphatic heterocycles. The van der Waals surface area contributed by atoms with Gasteiger partial charge in [-0.05, 0) is 18.2 Å². The fourth-order valence-electron chi connectivity index (χ4n) is 3.68. The van der Waals surface area contributed by atoms with Gasteiger partial charge in [0.25, 0.3) is 0 Å². The molecule has 1 saturated heterocycles. The van der Waals surface area contributed by atoms with Crippen molar-refractivity contribution in [3.63, 3.8) is 0 Å². The summed E-state index contributed by atoms with van der Waals surface area (Å²) in [5.41, 5.74) is -1.03. The number of aliphatic hydroxyl groups is 4. The van der Waals surface area contributed by atoms with Gasteiger partial charge in [0.2, 0.25) is 17.5 Å². The van der Waals surface area contributed by atoms with E-state index in [1.165, 1.54) is 25.3 Å². The van der Waals surface area contributed by atoms with Crippen molar-refractivity contribution in [1.82, 2.24) is 0 Å². The van der Waals surface area contributed by atoms with E-state index in [0.717, 1.165) is 12.1 Å². The van der Waals surface area contributed by atoms with Gasteiger partial charge in [-0.1, -0.05) is 0 Å². The minimum atomic E-state index is -1.83. The minimum Gasteiger partial charge on any atom is -0.508 e. The van der Waals surface area contributed by atoms with Crippen molar-refractivity contribution in [2.45, 2.75) is 30.7 Å². The summed E-state index contributed by atoms with van der Waals surface area (Å²) in [6, 6.07) is 6.00. The van der Waals surface area contributed by atoms with Gasteiger partial charge in [0.1, 0.15) is 46.9 Å². The van der Waals surface area contributed by atoms with Gasteiger partial charge in [0.05, 0.1) is 13.7 Å². The van der Waals surface area contributed by atoms with Gasteiger partial charge in [0.15, 0.2) is 17.3 Å². The topological polar surface area (TPSA) is 200 Å². The average Bonchev–Trinajstić information content (AvgIpc) is 2.80. The fraction of sp³-hybridized carbons (Fsp3) is 0.318. The number of fused-ring (bicyclic) bond motifs is 1. The van der Waals surface area contributed by atoms with Crippen LogP contribution in [0.1, 0.15) is 0 Å². The predicted octanol–water partition coefficient (Wildman–Crippen LogP) is -0.236. The Morgan fingerprint density at radius 1 is 0.971 bits per heavy atom. The second kappa shape index (κ2) is 9.00. The van der Waals surface area contributed by atoms with Gasteiger partial charge >= 0.3 is 0 Å². The molecule has 7 N–H and O–H groups in total. The molecule has 1 fully saturated rings. The number of methoxy groups -OCH3 is 1. The normalized spacial score (nSPS) is 24.8. The molecule has 0 unspecified atom stereocenters. The van der Waals surface area contributed by atoms with Crippen LogP contribution < -0.4 is 14.9 Å². The monoisotopic (exact) mass is 478 g/mol. The first-order chi connectivity index (χ1) is 16.2. The summed E-state index contributed by atoms with van der Waals surface area (Å²) in [5.74, 6) is -2.05.